The maximum atomic E-state index is 12.8. The predicted octanol–water partition coefficient (Wildman–Crippen LogP) is 2.13. The largest absolute Gasteiger partial charge is 0.477 e. The van der Waals surface area contributed by atoms with Crippen molar-refractivity contribution in [1.82, 2.24) is 4.90 Å². The summed E-state index contributed by atoms with van der Waals surface area (Å²) in [4.78, 5) is 26.9. The summed E-state index contributed by atoms with van der Waals surface area (Å²) < 4.78 is 10.5. The van der Waals surface area contributed by atoms with Crippen molar-refractivity contribution in [3.63, 3.8) is 0 Å². The van der Waals surface area contributed by atoms with Gasteiger partial charge in [0.05, 0.1) is 30.4 Å². The standard InChI is InChI=1S/C19H26N2O5S/c1-19(2,3)6-5-13-11-14(16(27-13)18(23)24)20-15(12-25-4)17(22)21-7-9-26-10-8-21/h11,15,20H,7-10,12H2,1-4H3,(H,23,24)/t15-/m0/s1. The number of amides is 1. The lowest BCUT2D eigenvalue weighted by Gasteiger charge is -2.30. The number of aromatic carboxylic acids is 1. The quantitative estimate of drug-likeness (QED) is 0.719. The molecule has 0 spiro atoms. The fourth-order valence-electron chi connectivity index (χ4n) is 2.50. The molecule has 148 valence electrons. The smallest absolute Gasteiger partial charge is 0.348 e. The molecule has 2 rings (SSSR count). The Morgan fingerprint density at radius 2 is 2.07 bits per heavy atom. The van der Waals surface area contributed by atoms with Crippen LogP contribution in [0.15, 0.2) is 6.07 Å². The van der Waals surface area contributed by atoms with Gasteiger partial charge in [-0.1, -0.05) is 11.8 Å². The van der Waals surface area contributed by atoms with Gasteiger partial charge in [-0.2, -0.15) is 0 Å². The number of nitrogens with zero attached hydrogens (tertiary/aromatic N) is 1. The van der Waals surface area contributed by atoms with Crippen LogP contribution in [0.5, 0.6) is 0 Å². The molecule has 0 aromatic carbocycles. The highest BCUT2D eigenvalue weighted by Crippen LogP contribution is 2.28. The number of hydrogen-bond acceptors (Lipinski definition) is 6. The van der Waals surface area contributed by atoms with E-state index in [2.05, 4.69) is 17.2 Å². The second-order valence-corrected chi connectivity index (χ2v) is 8.30. The zero-order valence-electron chi connectivity index (χ0n) is 16.1. The number of morpholine rings is 1. The minimum absolute atomic E-state index is 0.129. The van der Waals surface area contributed by atoms with Gasteiger partial charge in [0.25, 0.3) is 0 Å². The summed E-state index contributed by atoms with van der Waals surface area (Å²) in [6, 6.07) is 1.01. The first-order valence-corrected chi connectivity index (χ1v) is 9.55. The van der Waals surface area contributed by atoms with Gasteiger partial charge in [-0.05, 0) is 26.8 Å². The summed E-state index contributed by atoms with van der Waals surface area (Å²) in [5.41, 5.74) is 0.195. The summed E-state index contributed by atoms with van der Waals surface area (Å²) in [5.74, 6) is 4.93. The van der Waals surface area contributed by atoms with Gasteiger partial charge in [0, 0.05) is 25.6 Å². The Hall–Kier alpha value is -2.08. The van der Waals surface area contributed by atoms with Crippen molar-refractivity contribution in [2.24, 2.45) is 5.41 Å². The lowest BCUT2D eigenvalue weighted by Crippen LogP contribution is -2.49. The third kappa shape index (κ3) is 6.24. The van der Waals surface area contributed by atoms with E-state index >= 15 is 0 Å². The lowest BCUT2D eigenvalue weighted by molar-refractivity contribution is -0.137. The van der Waals surface area contributed by atoms with Crippen LogP contribution < -0.4 is 5.32 Å². The Morgan fingerprint density at radius 3 is 2.63 bits per heavy atom. The third-order valence-corrected chi connectivity index (χ3v) is 4.81. The summed E-state index contributed by atoms with van der Waals surface area (Å²) in [6.07, 6.45) is 0. The van der Waals surface area contributed by atoms with E-state index in [1.807, 2.05) is 20.8 Å². The molecule has 0 saturated carbocycles. The topological polar surface area (TPSA) is 88.1 Å². The van der Waals surface area contributed by atoms with E-state index in [0.717, 1.165) is 11.3 Å². The highest BCUT2D eigenvalue weighted by molar-refractivity contribution is 7.15. The molecule has 1 aliphatic rings. The Kier molecular flexibility index (Phi) is 7.25. The summed E-state index contributed by atoms with van der Waals surface area (Å²) in [5, 5.41) is 12.6. The Morgan fingerprint density at radius 1 is 1.41 bits per heavy atom. The molecule has 0 bridgehead atoms. The average Bonchev–Trinajstić information content (AvgIpc) is 3.02. The van der Waals surface area contributed by atoms with Gasteiger partial charge in [-0.15, -0.1) is 11.3 Å². The van der Waals surface area contributed by atoms with E-state index in [4.69, 9.17) is 9.47 Å². The number of anilines is 1. The first kappa shape index (κ1) is 21.2. The normalized spacial score (nSPS) is 15.6. The van der Waals surface area contributed by atoms with E-state index in [1.165, 1.54) is 7.11 Å². The molecule has 2 heterocycles. The van der Waals surface area contributed by atoms with Gasteiger partial charge in [0.1, 0.15) is 10.9 Å². The van der Waals surface area contributed by atoms with Crippen LogP contribution >= 0.6 is 11.3 Å². The van der Waals surface area contributed by atoms with Crippen LogP contribution in [0.4, 0.5) is 5.69 Å². The lowest BCUT2D eigenvalue weighted by atomic mass is 9.98. The number of nitrogens with one attached hydrogen (secondary N) is 1. The minimum Gasteiger partial charge on any atom is -0.477 e. The van der Waals surface area contributed by atoms with Gasteiger partial charge in [-0.25, -0.2) is 4.79 Å². The van der Waals surface area contributed by atoms with Crippen LogP contribution in [0.3, 0.4) is 0 Å². The van der Waals surface area contributed by atoms with Gasteiger partial charge in [0.2, 0.25) is 5.91 Å². The van der Waals surface area contributed by atoms with Gasteiger partial charge < -0.3 is 24.8 Å². The summed E-state index contributed by atoms with van der Waals surface area (Å²) in [7, 11) is 1.51. The summed E-state index contributed by atoms with van der Waals surface area (Å²) in [6.45, 7) is 8.11. The maximum absolute atomic E-state index is 12.8. The molecule has 2 N–H and O–H groups in total. The number of methoxy groups -OCH3 is 1. The molecule has 0 aliphatic carbocycles. The molecule has 1 fully saturated rings. The second kappa shape index (κ2) is 9.22. The Labute approximate surface area is 163 Å². The highest BCUT2D eigenvalue weighted by atomic mass is 32.1. The molecule has 8 heteroatoms. The van der Waals surface area contributed by atoms with Crippen LogP contribution in [0.2, 0.25) is 0 Å². The number of carboxylic acids is 1. The molecular formula is C19H26N2O5S. The average molecular weight is 394 g/mol. The van der Waals surface area contributed by atoms with Crippen LogP contribution in [0.25, 0.3) is 0 Å². The zero-order chi connectivity index (χ0) is 20.0. The number of carboxylic acid groups (broad SMARTS) is 1. The fourth-order valence-corrected chi connectivity index (χ4v) is 3.31. The van der Waals surface area contributed by atoms with Gasteiger partial charge in [-0.3, -0.25) is 4.79 Å². The number of rotatable bonds is 6. The molecule has 1 aromatic heterocycles. The van der Waals surface area contributed by atoms with E-state index in [9.17, 15) is 14.7 Å². The van der Waals surface area contributed by atoms with Crippen molar-refractivity contribution in [2.45, 2.75) is 26.8 Å². The molecule has 1 aromatic rings. The molecule has 1 amide bonds. The van der Waals surface area contributed by atoms with E-state index in [1.54, 1.807) is 11.0 Å². The van der Waals surface area contributed by atoms with Gasteiger partial charge >= 0.3 is 5.97 Å². The third-order valence-electron chi connectivity index (χ3n) is 3.77. The number of thiophene rings is 1. The number of carbonyl (C=O) groups is 2. The molecule has 1 saturated heterocycles. The van der Waals surface area contributed by atoms with Crippen LogP contribution in [-0.4, -0.2) is 67.9 Å². The predicted molar refractivity (Wildman–Crippen MR) is 104 cm³/mol. The van der Waals surface area contributed by atoms with Crippen molar-refractivity contribution >= 4 is 28.9 Å². The summed E-state index contributed by atoms with van der Waals surface area (Å²) >= 11 is 1.09. The zero-order valence-corrected chi connectivity index (χ0v) is 16.9. The highest BCUT2D eigenvalue weighted by Gasteiger charge is 2.28. The first-order chi connectivity index (χ1) is 12.7. The van der Waals surface area contributed by atoms with Crippen molar-refractivity contribution < 1.29 is 24.2 Å². The number of ether oxygens (including phenoxy) is 2. The molecule has 1 aliphatic heterocycles. The van der Waals surface area contributed by atoms with E-state index < -0.39 is 12.0 Å². The van der Waals surface area contributed by atoms with Crippen LogP contribution in [0.1, 0.15) is 35.3 Å². The number of carbonyl (C=O) groups excluding carboxylic acids is 1. The van der Waals surface area contributed by atoms with Crippen molar-refractivity contribution in [2.75, 3.05) is 45.3 Å². The molecule has 7 nitrogen and oxygen atoms in total. The monoisotopic (exact) mass is 394 g/mol. The van der Waals surface area contributed by atoms with Crippen molar-refractivity contribution in [3.05, 3.63) is 15.8 Å². The molecular weight excluding hydrogens is 368 g/mol. The maximum Gasteiger partial charge on any atom is 0.348 e. The van der Waals surface area contributed by atoms with E-state index in [0.29, 0.717) is 36.9 Å². The Balaban J connectivity index is 2.24. The van der Waals surface area contributed by atoms with E-state index in [-0.39, 0.29) is 22.8 Å². The van der Waals surface area contributed by atoms with Crippen LogP contribution in [-0.2, 0) is 14.3 Å². The van der Waals surface area contributed by atoms with Crippen molar-refractivity contribution in [3.8, 4) is 11.8 Å². The van der Waals surface area contributed by atoms with Crippen molar-refractivity contribution in [1.29, 1.82) is 0 Å². The fraction of sp³-hybridized carbons (Fsp3) is 0.579. The molecule has 27 heavy (non-hydrogen) atoms. The van der Waals surface area contributed by atoms with Crippen LogP contribution in [0, 0.1) is 17.3 Å². The molecule has 0 unspecified atom stereocenters. The minimum atomic E-state index is -1.05. The first-order valence-electron chi connectivity index (χ1n) is 8.73. The second-order valence-electron chi connectivity index (χ2n) is 7.25. The molecule has 1 atom stereocenters. The van der Waals surface area contributed by atoms with Gasteiger partial charge in [0.15, 0.2) is 0 Å². The SMILES string of the molecule is COC[C@H](Nc1cc(C#CC(C)(C)C)sc1C(=O)O)C(=O)N1CCOCC1. The Bertz CT molecular complexity index is 736. The molecule has 0 radical (unpaired) electrons. The number of hydrogen-bond donors (Lipinski definition) is 2.